The molecule has 7 nitrogen and oxygen atoms in total. The van der Waals surface area contributed by atoms with Crippen LogP contribution in [0.4, 0.5) is 34.1 Å². The molecule has 0 saturated heterocycles. The van der Waals surface area contributed by atoms with Crippen molar-refractivity contribution in [2.24, 2.45) is 0 Å². The quantitative estimate of drug-likeness (QED) is 0.204. The summed E-state index contributed by atoms with van der Waals surface area (Å²) in [6, 6.07) is 35.0. The minimum atomic E-state index is -0.177. The third-order valence-corrected chi connectivity index (χ3v) is 7.35. The number of hydrogen-bond donors (Lipinski definition) is 0. The third kappa shape index (κ3) is 3.87. The molecule has 8 rings (SSSR count). The number of aromatic nitrogens is 2. The highest BCUT2D eigenvalue weighted by Crippen LogP contribution is 2.51. The van der Waals surface area contributed by atoms with Gasteiger partial charge in [0.15, 0.2) is 28.8 Å². The van der Waals surface area contributed by atoms with Gasteiger partial charge in [-0.25, -0.2) is 0 Å². The Balaban J connectivity index is 1.19. The summed E-state index contributed by atoms with van der Waals surface area (Å²) in [5, 5.41) is 0. The predicted molar refractivity (Wildman–Crippen MR) is 161 cm³/mol. The molecule has 0 fully saturated rings. The predicted octanol–water partition coefficient (Wildman–Crippen LogP) is 8.86. The molecule has 2 aliphatic heterocycles. The first kappa shape index (κ1) is 23.9. The summed E-state index contributed by atoms with van der Waals surface area (Å²) < 4.78 is 12.3. The molecular formula is C35H22N4O3. The van der Waals surface area contributed by atoms with E-state index >= 15 is 0 Å². The van der Waals surface area contributed by atoms with Crippen LogP contribution in [-0.2, 0) is 0 Å². The van der Waals surface area contributed by atoms with Crippen molar-refractivity contribution in [3.05, 3.63) is 145 Å². The van der Waals surface area contributed by atoms with Crippen LogP contribution < -0.4 is 19.3 Å². The second-order valence-corrected chi connectivity index (χ2v) is 9.94. The van der Waals surface area contributed by atoms with Gasteiger partial charge in [0.05, 0.1) is 46.5 Å². The fraction of sp³-hybridized carbons (Fsp3) is 0. The molecular weight excluding hydrogens is 524 g/mol. The molecule has 4 aromatic carbocycles. The number of benzene rings is 4. The Morgan fingerprint density at radius 3 is 1.17 bits per heavy atom. The lowest BCUT2D eigenvalue weighted by molar-refractivity contribution is 0.103. The van der Waals surface area contributed by atoms with Gasteiger partial charge in [-0.2, -0.15) is 0 Å². The molecule has 0 bridgehead atoms. The smallest absolute Gasteiger partial charge is 0.196 e. The molecule has 0 amide bonds. The van der Waals surface area contributed by atoms with Crippen LogP contribution >= 0.6 is 0 Å². The molecule has 2 aromatic heterocycles. The Bertz CT molecular complexity index is 1770. The number of ether oxygens (including phenoxy) is 2. The topological polar surface area (TPSA) is 67.8 Å². The Labute approximate surface area is 241 Å². The Hall–Kier alpha value is -5.95. The zero-order chi connectivity index (χ0) is 28.0. The number of hydrogen-bond acceptors (Lipinski definition) is 7. The van der Waals surface area contributed by atoms with Crippen molar-refractivity contribution in [2.75, 3.05) is 9.80 Å². The fourth-order valence-electron chi connectivity index (χ4n) is 5.48. The summed E-state index contributed by atoms with van der Waals surface area (Å²) in [5.74, 6) is 2.75. The third-order valence-electron chi connectivity index (χ3n) is 7.35. The number of nitrogens with zero attached hydrogens (tertiary/aromatic N) is 4. The number of carbonyl (C=O) groups excluding carboxylic acids is 1. The zero-order valence-corrected chi connectivity index (χ0v) is 22.2. The van der Waals surface area contributed by atoms with Gasteiger partial charge in [0.2, 0.25) is 0 Å². The highest BCUT2D eigenvalue weighted by Gasteiger charge is 2.28. The molecule has 7 heteroatoms. The second kappa shape index (κ2) is 9.60. The van der Waals surface area contributed by atoms with E-state index in [1.54, 1.807) is 24.8 Å². The maximum absolute atomic E-state index is 13.9. The van der Waals surface area contributed by atoms with Crippen molar-refractivity contribution in [1.82, 2.24) is 9.97 Å². The van der Waals surface area contributed by atoms with Crippen molar-refractivity contribution >= 4 is 39.9 Å². The van der Waals surface area contributed by atoms with E-state index in [1.165, 1.54) is 0 Å². The van der Waals surface area contributed by atoms with Crippen molar-refractivity contribution in [2.45, 2.75) is 0 Å². The molecule has 4 heterocycles. The number of ketones is 1. The van der Waals surface area contributed by atoms with Gasteiger partial charge in [0, 0.05) is 23.5 Å². The van der Waals surface area contributed by atoms with Gasteiger partial charge in [0.1, 0.15) is 0 Å². The SMILES string of the molecule is O=C(c1cncc(N2c3ccccc3Oc3ccccc32)c1)c1cncc(N2c3ccccc3Oc3ccccc32)c1. The average molecular weight is 547 g/mol. The van der Waals surface area contributed by atoms with Gasteiger partial charge < -0.3 is 19.3 Å². The molecule has 42 heavy (non-hydrogen) atoms. The average Bonchev–Trinajstić information content (AvgIpc) is 3.05. The number of anilines is 6. The van der Waals surface area contributed by atoms with Crippen molar-refractivity contribution in [3.8, 4) is 23.0 Å². The number of rotatable bonds is 4. The lowest BCUT2D eigenvalue weighted by atomic mass is 10.0. The molecule has 0 atom stereocenters. The lowest BCUT2D eigenvalue weighted by Gasteiger charge is -2.32. The monoisotopic (exact) mass is 546 g/mol. The van der Waals surface area contributed by atoms with Crippen molar-refractivity contribution in [1.29, 1.82) is 0 Å². The maximum Gasteiger partial charge on any atom is 0.196 e. The van der Waals surface area contributed by atoms with E-state index < -0.39 is 0 Å². The van der Waals surface area contributed by atoms with Crippen LogP contribution in [-0.4, -0.2) is 15.8 Å². The van der Waals surface area contributed by atoms with Gasteiger partial charge in [-0.3, -0.25) is 14.8 Å². The van der Waals surface area contributed by atoms with E-state index in [2.05, 4.69) is 19.8 Å². The molecule has 200 valence electrons. The highest BCUT2D eigenvalue weighted by molar-refractivity contribution is 6.10. The molecule has 0 N–H and O–H groups in total. The first-order chi connectivity index (χ1) is 20.7. The first-order valence-corrected chi connectivity index (χ1v) is 13.5. The fourth-order valence-corrected chi connectivity index (χ4v) is 5.48. The minimum Gasteiger partial charge on any atom is -0.453 e. The summed E-state index contributed by atoms with van der Waals surface area (Å²) in [6.45, 7) is 0. The Morgan fingerprint density at radius 1 is 0.476 bits per heavy atom. The number of carbonyl (C=O) groups is 1. The maximum atomic E-state index is 13.9. The lowest BCUT2D eigenvalue weighted by Crippen LogP contribution is -2.17. The van der Waals surface area contributed by atoms with Crippen LogP contribution in [0.2, 0.25) is 0 Å². The standard InChI is InChI=1S/C35H22N4O3/c40-35(23-17-25(21-36-19-23)38-27-9-1-5-13-31(27)41-32-14-6-2-10-28(32)38)24-18-26(22-37-20-24)39-29-11-3-7-15-33(29)42-34-16-8-4-12-30(34)39/h1-22H. The van der Waals surface area contributed by atoms with Gasteiger partial charge in [-0.15, -0.1) is 0 Å². The Kier molecular flexibility index (Phi) is 5.46. The van der Waals surface area contributed by atoms with Crippen molar-refractivity contribution < 1.29 is 14.3 Å². The summed E-state index contributed by atoms with van der Waals surface area (Å²) in [6.07, 6.45) is 6.70. The first-order valence-electron chi connectivity index (χ1n) is 13.5. The van der Waals surface area contributed by atoms with E-state index in [-0.39, 0.29) is 5.78 Å². The van der Waals surface area contributed by atoms with Gasteiger partial charge in [-0.05, 0) is 60.7 Å². The Morgan fingerprint density at radius 2 is 0.810 bits per heavy atom. The molecule has 0 radical (unpaired) electrons. The highest BCUT2D eigenvalue weighted by atomic mass is 16.5. The van der Waals surface area contributed by atoms with Gasteiger partial charge in [0.25, 0.3) is 0 Å². The summed E-state index contributed by atoms with van der Waals surface area (Å²) in [4.78, 5) is 27.0. The van der Waals surface area contributed by atoms with Crippen LogP contribution in [0, 0.1) is 0 Å². The van der Waals surface area contributed by atoms with Crippen LogP contribution in [0.5, 0.6) is 23.0 Å². The largest absolute Gasteiger partial charge is 0.453 e. The van der Waals surface area contributed by atoms with Crippen LogP contribution in [0.3, 0.4) is 0 Å². The van der Waals surface area contributed by atoms with Crippen LogP contribution in [0.25, 0.3) is 0 Å². The zero-order valence-electron chi connectivity index (χ0n) is 22.2. The van der Waals surface area contributed by atoms with Crippen LogP contribution in [0.15, 0.2) is 134 Å². The number of fused-ring (bicyclic) bond motifs is 4. The van der Waals surface area contributed by atoms with E-state index in [0.29, 0.717) is 11.1 Å². The molecule has 0 aliphatic carbocycles. The summed E-state index contributed by atoms with van der Waals surface area (Å²) >= 11 is 0. The number of para-hydroxylation sites is 8. The van der Waals surface area contributed by atoms with Gasteiger partial charge in [-0.1, -0.05) is 48.5 Å². The van der Waals surface area contributed by atoms with Gasteiger partial charge >= 0.3 is 0 Å². The molecule has 0 spiro atoms. The number of pyridine rings is 2. The van der Waals surface area contributed by atoms with E-state index in [1.807, 2.05) is 109 Å². The van der Waals surface area contributed by atoms with E-state index in [4.69, 9.17) is 9.47 Å². The molecule has 0 saturated carbocycles. The molecule has 0 unspecified atom stereocenters. The second-order valence-electron chi connectivity index (χ2n) is 9.94. The molecule has 2 aliphatic rings. The van der Waals surface area contributed by atoms with E-state index in [0.717, 1.165) is 57.1 Å². The molecule has 6 aromatic rings. The van der Waals surface area contributed by atoms with Crippen LogP contribution in [0.1, 0.15) is 15.9 Å². The normalized spacial score (nSPS) is 12.7. The minimum absolute atomic E-state index is 0.177. The summed E-state index contributed by atoms with van der Waals surface area (Å²) in [5.41, 5.74) is 5.90. The van der Waals surface area contributed by atoms with Crippen molar-refractivity contribution in [3.63, 3.8) is 0 Å². The van der Waals surface area contributed by atoms with E-state index in [9.17, 15) is 4.79 Å². The summed E-state index contributed by atoms with van der Waals surface area (Å²) in [7, 11) is 0.